The summed E-state index contributed by atoms with van der Waals surface area (Å²) in [6, 6.07) is 15.0. The van der Waals surface area contributed by atoms with Crippen LogP contribution in [0.5, 0.6) is 0 Å². The van der Waals surface area contributed by atoms with Crippen molar-refractivity contribution in [3.05, 3.63) is 76.5 Å². The number of carbonyl (C=O) groups excluding carboxylic acids is 1. The van der Waals surface area contributed by atoms with Crippen molar-refractivity contribution >= 4 is 5.91 Å². The number of furan rings is 1. The van der Waals surface area contributed by atoms with E-state index in [4.69, 9.17) is 4.42 Å². The zero-order valence-electron chi connectivity index (χ0n) is 15.9. The van der Waals surface area contributed by atoms with Gasteiger partial charge in [-0.2, -0.15) is 5.10 Å². The van der Waals surface area contributed by atoms with Gasteiger partial charge < -0.3 is 9.32 Å². The summed E-state index contributed by atoms with van der Waals surface area (Å²) in [5.41, 5.74) is 2.65. The lowest BCUT2D eigenvalue weighted by molar-refractivity contribution is 0.0648. The number of piperidine rings is 1. The normalized spacial score (nSPS) is 15.0. The summed E-state index contributed by atoms with van der Waals surface area (Å²) in [6.07, 6.45) is 3.20. The number of likely N-dealkylation sites (tertiary alicyclic amines) is 1. The van der Waals surface area contributed by atoms with E-state index in [0.717, 1.165) is 29.7 Å². The fourth-order valence-corrected chi connectivity index (χ4v) is 3.71. The van der Waals surface area contributed by atoms with Gasteiger partial charge in [0, 0.05) is 31.3 Å². The number of aryl methyl sites for hydroxylation is 1. The Kier molecular flexibility index (Phi) is 5.10. The molecule has 144 valence electrons. The molecule has 1 aliphatic rings. The van der Waals surface area contributed by atoms with Gasteiger partial charge in [-0.15, -0.1) is 0 Å². The van der Waals surface area contributed by atoms with Crippen molar-refractivity contribution in [3.63, 3.8) is 0 Å². The molecule has 0 spiro atoms. The van der Waals surface area contributed by atoms with Crippen molar-refractivity contribution in [1.82, 2.24) is 14.7 Å². The maximum Gasteiger partial charge on any atom is 0.289 e. The summed E-state index contributed by atoms with van der Waals surface area (Å²) in [4.78, 5) is 26.6. The average molecular weight is 377 g/mol. The van der Waals surface area contributed by atoms with Crippen LogP contribution in [0.15, 0.2) is 64.0 Å². The van der Waals surface area contributed by atoms with Gasteiger partial charge in [-0.3, -0.25) is 9.59 Å². The molecule has 3 heterocycles. The molecule has 1 saturated heterocycles. The summed E-state index contributed by atoms with van der Waals surface area (Å²) in [6.45, 7) is 3.81. The monoisotopic (exact) mass is 377 g/mol. The van der Waals surface area contributed by atoms with Crippen LogP contribution in [0.4, 0.5) is 0 Å². The van der Waals surface area contributed by atoms with Gasteiger partial charge >= 0.3 is 0 Å². The Morgan fingerprint density at radius 1 is 1.14 bits per heavy atom. The molecule has 0 N–H and O–H groups in total. The Morgan fingerprint density at radius 3 is 2.57 bits per heavy atom. The van der Waals surface area contributed by atoms with Gasteiger partial charge in [-0.25, -0.2) is 4.68 Å². The van der Waals surface area contributed by atoms with Crippen LogP contribution < -0.4 is 5.56 Å². The molecular weight excluding hydrogens is 354 g/mol. The summed E-state index contributed by atoms with van der Waals surface area (Å²) in [5, 5.41) is 4.64. The molecule has 4 rings (SSSR count). The summed E-state index contributed by atoms with van der Waals surface area (Å²) < 4.78 is 6.78. The van der Waals surface area contributed by atoms with Crippen molar-refractivity contribution in [2.45, 2.75) is 26.3 Å². The van der Waals surface area contributed by atoms with Crippen LogP contribution in [0.3, 0.4) is 0 Å². The molecule has 1 aliphatic heterocycles. The largest absolute Gasteiger partial charge is 0.459 e. The summed E-state index contributed by atoms with van der Waals surface area (Å²) in [7, 11) is 0. The van der Waals surface area contributed by atoms with Crippen LogP contribution in [0, 0.1) is 12.8 Å². The number of hydrogen-bond donors (Lipinski definition) is 0. The highest BCUT2D eigenvalue weighted by Crippen LogP contribution is 2.22. The molecule has 3 aromatic rings. The third-order valence-corrected chi connectivity index (χ3v) is 5.30. The van der Waals surface area contributed by atoms with Crippen LogP contribution in [-0.4, -0.2) is 33.7 Å². The van der Waals surface area contributed by atoms with E-state index >= 15 is 0 Å². The van der Waals surface area contributed by atoms with Gasteiger partial charge in [0.15, 0.2) is 5.76 Å². The highest BCUT2D eigenvalue weighted by atomic mass is 16.3. The lowest BCUT2D eigenvalue weighted by atomic mass is 9.96. The van der Waals surface area contributed by atoms with Gasteiger partial charge in [-0.05, 0) is 43.4 Å². The SMILES string of the molecule is Cc1cc(=O)n(CC2CCN(C(=O)c3ccco3)CC2)nc1-c1ccccc1. The van der Waals surface area contributed by atoms with Crippen molar-refractivity contribution in [2.24, 2.45) is 5.92 Å². The number of carbonyl (C=O) groups is 1. The lowest BCUT2D eigenvalue weighted by Gasteiger charge is -2.31. The molecule has 28 heavy (non-hydrogen) atoms. The van der Waals surface area contributed by atoms with E-state index in [1.165, 1.54) is 6.26 Å². The zero-order valence-corrected chi connectivity index (χ0v) is 15.9. The standard InChI is InChI=1S/C22H23N3O3/c1-16-14-20(26)25(23-21(16)18-6-3-2-4-7-18)15-17-9-11-24(12-10-17)22(27)19-8-5-13-28-19/h2-8,13-14,17H,9-12,15H2,1H3. The van der Waals surface area contributed by atoms with Crippen molar-refractivity contribution in [2.75, 3.05) is 13.1 Å². The molecule has 0 radical (unpaired) electrons. The van der Waals surface area contributed by atoms with Gasteiger partial charge in [0.05, 0.1) is 12.0 Å². The predicted molar refractivity (Wildman–Crippen MR) is 106 cm³/mol. The number of nitrogens with zero attached hydrogens (tertiary/aromatic N) is 3. The number of amides is 1. The first kappa shape index (κ1) is 18.2. The smallest absolute Gasteiger partial charge is 0.289 e. The Bertz CT molecular complexity index is 1000. The Balaban J connectivity index is 1.45. The topological polar surface area (TPSA) is 68.3 Å². The number of hydrogen-bond acceptors (Lipinski definition) is 4. The fraction of sp³-hybridized carbons (Fsp3) is 0.318. The molecular formula is C22H23N3O3. The van der Waals surface area contributed by atoms with Crippen LogP contribution in [0.1, 0.15) is 29.0 Å². The molecule has 0 saturated carbocycles. The number of aromatic nitrogens is 2. The van der Waals surface area contributed by atoms with Gasteiger partial charge in [0.2, 0.25) is 0 Å². The molecule has 1 fully saturated rings. The minimum absolute atomic E-state index is 0.0690. The molecule has 0 unspecified atom stereocenters. The van der Waals surface area contributed by atoms with Crippen molar-refractivity contribution in [1.29, 1.82) is 0 Å². The van der Waals surface area contributed by atoms with E-state index in [2.05, 4.69) is 5.10 Å². The average Bonchev–Trinajstić information content (AvgIpc) is 3.25. The molecule has 0 bridgehead atoms. The number of rotatable bonds is 4. The lowest BCUT2D eigenvalue weighted by Crippen LogP contribution is -2.40. The zero-order chi connectivity index (χ0) is 19.5. The van der Waals surface area contributed by atoms with E-state index in [-0.39, 0.29) is 11.5 Å². The van der Waals surface area contributed by atoms with E-state index in [9.17, 15) is 9.59 Å². The van der Waals surface area contributed by atoms with Crippen LogP contribution in [0.25, 0.3) is 11.3 Å². The quantitative estimate of drug-likeness (QED) is 0.699. The second-order valence-corrected chi connectivity index (χ2v) is 7.28. The highest BCUT2D eigenvalue weighted by Gasteiger charge is 2.25. The van der Waals surface area contributed by atoms with Gasteiger partial charge in [0.1, 0.15) is 0 Å². The third kappa shape index (κ3) is 3.76. The van der Waals surface area contributed by atoms with Gasteiger partial charge in [-0.1, -0.05) is 30.3 Å². The van der Waals surface area contributed by atoms with Crippen LogP contribution in [-0.2, 0) is 6.54 Å². The highest BCUT2D eigenvalue weighted by molar-refractivity contribution is 5.91. The first-order valence-corrected chi connectivity index (χ1v) is 9.59. The van der Waals surface area contributed by atoms with Crippen molar-refractivity contribution in [3.8, 4) is 11.3 Å². The van der Waals surface area contributed by atoms with Crippen molar-refractivity contribution < 1.29 is 9.21 Å². The number of benzene rings is 1. The Hall–Kier alpha value is -3.15. The minimum Gasteiger partial charge on any atom is -0.459 e. The van der Waals surface area contributed by atoms with Gasteiger partial charge in [0.25, 0.3) is 11.5 Å². The molecule has 0 aliphatic carbocycles. The Morgan fingerprint density at radius 2 is 1.89 bits per heavy atom. The first-order valence-electron chi connectivity index (χ1n) is 9.59. The maximum atomic E-state index is 12.4. The van der Waals surface area contributed by atoms with E-state index in [1.54, 1.807) is 22.9 Å². The second-order valence-electron chi connectivity index (χ2n) is 7.28. The summed E-state index contributed by atoms with van der Waals surface area (Å²) >= 11 is 0. The van der Waals surface area contributed by atoms with Crippen LogP contribution in [0.2, 0.25) is 0 Å². The molecule has 6 heteroatoms. The minimum atomic E-state index is -0.0775. The fourth-order valence-electron chi connectivity index (χ4n) is 3.71. The Labute approximate surface area is 163 Å². The first-order chi connectivity index (χ1) is 13.6. The molecule has 1 amide bonds. The predicted octanol–water partition coefficient (Wildman–Crippen LogP) is 3.36. The molecule has 2 aromatic heterocycles. The van der Waals surface area contributed by atoms with E-state index < -0.39 is 0 Å². The van der Waals surface area contributed by atoms with Crippen LogP contribution >= 0.6 is 0 Å². The van der Waals surface area contributed by atoms with E-state index in [0.29, 0.717) is 31.3 Å². The van der Waals surface area contributed by atoms with E-state index in [1.807, 2.05) is 42.2 Å². The summed E-state index contributed by atoms with van der Waals surface area (Å²) in [5.74, 6) is 0.625. The molecule has 0 atom stereocenters. The maximum absolute atomic E-state index is 12.4. The third-order valence-electron chi connectivity index (χ3n) is 5.30. The molecule has 6 nitrogen and oxygen atoms in total. The molecule has 1 aromatic carbocycles. The second kappa shape index (κ2) is 7.84.